The molecule has 0 spiro atoms. The molecule has 1 unspecified atom stereocenters. The van der Waals surface area contributed by atoms with Crippen LogP contribution >= 0.6 is 0 Å². The van der Waals surface area contributed by atoms with Crippen molar-refractivity contribution in [2.45, 2.75) is 38.3 Å². The van der Waals surface area contributed by atoms with Crippen molar-refractivity contribution in [3.63, 3.8) is 0 Å². The lowest BCUT2D eigenvalue weighted by Gasteiger charge is -2.16. The minimum absolute atomic E-state index is 0.194. The molecule has 21 heavy (non-hydrogen) atoms. The number of hydrogen-bond acceptors (Lipinski definition) is 4. The average Bonchev–Trinajstić information content (AvgIpc) is 2.95. The molecular weight excluding hydrogens is 290 g/mol. The molecule has 6 nitrogen and oxygen atoms in total. The van der Waals surface area contributed by atoms with Crippen LogP contribution in [-0.2, 0) is 16.6 Å². The third-order valence-electron chi connectivity index (χ3n) is 3.50. The Labute approximate surface area is 124 Å². The van der Waals surface area contributed by atoms with Crippen LogP contribution in [0.15, 0.2) is 29.4 Å². The first-order chi connectivity index (χ1) is 9.85. The van der Waals surface area contributed by atoms with Gasteiger partial charge in [0, 0.05) is 17.8 Å². The highest BCUT2D eigenvalue weighted by Gasteiger charge is 2.22. The van der Waals surface area contributed by atoms with Gasteiger partial charge in [-0.2, -0.15) is 5.10 Å². The molecule has 3 N–H and O–H groups in total. The smallest absolute Gasteiger partial charge is 0.241 e. The van der Waals surface area contributed by atoms with E-state index in [0.29, 0.717) is 11.1 Å². The van der Waals surface area contributed by atoms with Crippen molar-refractivity contribution in [1.29, 1.82) is 0 Å². The lowest BCUT2D eigenvalue weighted by molar-refractivity contribution is 0.281. The van der Waals surface area contributed by atoms with Crippen molar-refractivity contribution in [2.75, 3.05) is 0 Å². The number of aliphatic hydroxyl groups is 1. The Morgan fingerprint density at radius 2 is 2.10 bits per heavy atom. The zero-order valence-electron chi connectivity index (χ0n) is 12.2. The summed E-state index contributed by atoms with van der Waals surface area (Å²) in [6, 6.07) is 2.90. The normalized spacial score (nSPS) is 13.3. The second kappa shape index (κ2) is 5.97. The topological polar surface area (TPSA) is 95.1 Å². The summed E-state index contributed by atoms with van der Waals surface area (Å²) < 4.78 is 27.7. The third kappa shape index (κ3) is 3.31. The zero-order valence-corrected chi connectivity index (χ0v) is 13.0. The lowest BCUT2D eigenvalue weighted by Crippen LogP contribution is -2.27. The third-order valence-corrected chi connectivity index (χ3v) is 5.17. The Kier molecular flexibility index (Phi) is 4.46. The van der Waals surface area contributed by atoms with Crippen LogP contribution in [-0.4, -0.2) is 23.7 Å². The van der Waals surface area contributed by atoms with E-state index in [9.17, 15) is 13.5 Å². The summed E-state index contributed by atoms with van der Waals surface area (Å²) >= 11 is 0. The van der Waals surface area contributed by atoms with Gasteiger partial charge in [-0.1, -0.05) is 6.07 Å². The largest absolute Gasteiger partial charge is 0.392 e. The molecule has 0 aliphatic carbocycles. The number of aromatic nitrogens is 2. The molecular formula is C14H19N3O3S. The first kappa shape index (κ1) is 15.7. The standard InChI is InChI=1S/C14H19N3O3S/c1-9-4-12(8-18)5-14(10(9)2)21(19,20)17-11(3)13-6-15-16-7-13/h4-7,11,17-18H,8H2,1-3H3,(H,15,16). The minimum Gasteiger partial charge on any atom is -0.392 e. The Hall–Kier alpha value is -1.70. The maximum Gasteiger partial charge on any atom is 0.241 e. The summed E-state index contributed by atoms with van der Waals surface area (Å²) in [5, 5.41) is 15.7. The number of aromatic amines is 1. The molecule has 0 amide bonds. The predicted octanol–water partition coefficient (Wildman–Crippen LogP) is 1.56. The summed E-state index contributed by atoms with van der Waals surface area (Å²) in [7, 11) is -3.67. The number of nitrogens with zero attached hydrogens (tertiary/aromatic N) is 1. The monoisotopic (exact) mass is 309 g/mol. The van der Waals surface area contributed by atoms with Gasteiger partial charge in [0.05, 0.1) is 17.7 Å². The van der Waals surface area contributed by atoms with Crippen LogP contribution in [0.25, 0.3) is 0 Å². The van der Waals surface area contributed by atoms with E-state index >= 15 is 0 Å². The molecule has 0 aliphatic heterocycles. The van der Waals surface area contributed by atoms with Gasteiger partial charge < -0.3 is 5.11 Å². The van der Waals surface area contributed by atoms with E-state index in [1.807, 2.05) is 6.92 Å². The van der Waals surface area contributed by atoms with Crippen LogP contribution in [0, 0.1) is 13.8 Å². The van der Waals surface area contributed by atoms with Gasteiger partial charge in [-0.15, -0.1) is 0 Å². The number of nitrogens with one attached hydrogen (secondary N) is 2. The van der Waals surface area contributed by atoms with Crippen molar-refractivity contribution in [3.8, 4) is 0 Å². The van der Waals surface area contributed by atoms with E-state index < -0.39 is 16.1 Å². The molecule has 1 aromatic carbocycles. The number of aryl methyl sites for hydroxylation is 1. The van der Waals surface area contributed by atoms with Crippen molar-refractivity contribution in [1.82, 2.24) is 14.9 Å². The Balaban J connectivity index is 2.38. The second-order valence-electron chi connectivity index (χ2n) is 5.07. The summed E-state index contributed by atoms with van der Waals surface area (Å²) in [5.41, 5.74) is 2.85. The SMILES string of the molecule is Cc1cc(CO)cc(S(=O)(=O)NC(C)c2cn[nH]c2)c1C. The van der Waals surface area contributed by atoms with Gasteiger partial charge in [0.1, 0.15) is 0 Å². The quantitative estimate of drug-likeness (QED) is 0.781. The number of rotatable bonds is 5. The van der Waals surface area contributed by atoms with Crippen LogP contribution in [0.3, 0.4) is 0 Å². The van der Waals surface area contributed by atoms with E-state index in [4.69, 9.17) is 0 Å². The van der Waals surface area contributed by atoms with Gasteiger partial charge in [0.15, 0.2) is 0 Å². The fourth-order valence-corrected chi connectivity index (χ4v) is 3.73. The number of sulfonamides is 1. The van der Waals surface area contributed by atoms with E-state index in [-0.39, 0.29) is 11.5 Å². The van der Waals surface area contributed by atoms with Gasteiger partial charge in [0.25, 0.3) is 0 Å². The van der Waals surface area contributed by atoms with Crippen molar-refractivity contribution in [3.05, 3.63) is 46.8 Å². The highest BCUT2D eigenvalue weighted by atomic mass is 32.2. The molecule has 2 rings (SSSR count). The van der Waals surface area contributed by atoms with Crippen LogP contribution in [0.2, 0.25) is 0 Å². The van der Waals surface area contributed by atoms with Crippen molar-refractivity contribution < 1.29 is 13.5 Å². The second-order valence-corrected chi connectivity index (χ2v) is 6.75. The highest BCUT2D eigenvalue weighted by molar-refractivity contribution is 7.89. The molecule has 0 radical (unpaired) electrons. The molecule has 1 heterocycles. The van der Waals surface area contributed by atoms with Crippen LogP contribution < -0.4 is 4.72 Å². The van der Waals surface area contributed by atoms with E-state index in [1.165, 1.54) is 6.07 Å². The Bertz CT molecular complexity index is 724. The Morgan fingerprint density at radius 3 is 2.67 bits per heavy atom. The summed E-state index contributed by atoms with van der Waals surface area (Å²) in [6.07, 6.45) is 3.23. The van der Waals surface area contributed by atoms with Crippen molar-refractivity contribution in [2.24, 2.45) is 0 Å². The molecule has 1 aromatic heterocycles. The number of benzene rings is 1. The molecule has 2 aromatic rings. The predicted molar refractivity (Wildman–Crippen MR) is 79.2 cm³/mol. The minimum atomic E-state index is -3.67. The average molecular weight is 309 g/mol. The van der Waals surface area contributed by atoms with Gasteiger partial charge in [0.2, 0.25) is 10.0 Å². The lowest BCUT2D eigenvalue weighted by atomic mass is 10.1. The molecule has 0 saturated heterocycles. The van der Waals surface area contributed by atoms with Gasteiger partial charge in [-0.25, -0.2) is 13.1 Å². The van der Waals surface area contributed by atoms with Gasteiger partial charge in [-0.05, 0) is 43.5 Å². The molecule has 114 valence electrons. The fraction of sp³-hybridized carbons (Fsp3) is 0.357. The number of hydrogen-bond donors (Lipinski definition) is 3. The van der Waals surface area contributed by atoms with Crippen LogP contribution in [0.1, 0.15) is 35.2 Å². The number of H-pyrrole nitrogens is 1. The van der Waals surface area contributed by atoms with Gasteiger partial charge >= 0.3 is 0 Å². The number of aliphatic hydroxyl groups excluding tert-OH is 1. The molecule has 1 atom stereocenters. The van der Waals surface area contributed by atoms with E-state index in [2.05, 4.69) is 14.9 Å². The van der Waals surface area contributed by atoms with Gasteiger partial charge in [-0.3, -0.25) is 5.10 Å². The van der Waals surface area contributed by atoms with E-state index in [0.717, 1.165) is 11.1 Å². The summed E-state index contributed by atoms with van der Waals surface area (Å²) in [5.74, 6) is 0. The molecule has 0 aliphatic rings. The highest BCUT2D eigenvalue weighted by Crippen LogP contribution is 2.23. The first-order valence-electron chi connectivity index (χ1n) is 6.57. The van der Waals surface area contributed by atoms with E-state index in [1.54, 1.807) is 32.3 Å². The summed E-state index contributed by atoms with van der Waals surface area (Å²) in [4.78, 5) is 0.196. The Morgan fingerprint density at radius 1 is 1.38 bits per heavy atom. The van der Waals surface area contributed by atoms with Crippen LogP contribution in [0.5, 0.6) is 0 Å². The molecule has 0 bridgehead atoms. The maximum absolute atomic E-state index is 12.6. The zero-order chi connectivity index (χ0) is 15.6. The molecule has 0 fully saturated rings. The first-order valence-corrected chi connectivity index (χ1v) is 8.05. The molecule has 7 heteroatoms. The van der Waals surface area contributed by atoms with Crippen molar-refractivity contribution >= 4 is 10.0 Å². The fourth-order valence-electron chi connectivity index (χ4n) is 2.13. The van der Waals surface area contributed by atoms with Crippen LogP contribution in [0.4, 0.5) is 0 Å². The maximum atomic E-state index is 12.6. The molecule has 0 saturated carbocycles. The summed E-state index contributed by atoms with van der Waals surface area (Å²) in [6.45, 7) is 5.14.